The second kappa shape index (κ2) is 9.49. The van der Waals surface area contributed by atoms with E-state index in [1.165, 1.54) is 38.5 Å². The molecule has 3 N–H and O–H groups in total. The van der Waals surface area contributed by atoms with E-state index in [2.05, 4.69) is 32.6 Å². The third-order valence-corrected chi connectivity index (χ3v) is 8.31. The summed E-state index contributed by atoms with van der Waals surface area (Å²) >= 11 is 0. The highest BCUT2D eigenvalue weighted by Crippen LogP contribution is 2.59. The smallest absolute Gasteiger partial charge is 0.0809 e. The molecule has 3 aliphatic carbocycles. The van der Waals surface area contributed by atoms with E-state index in [-0.39, 0.29) is 6.10 Å². The van der Waals surface area contributed by atoms with Crippen LogP contribution in [0.2, 0.25) is 0 Å². The van der Waals surface area contributed by atoms with E-state index in [1.54, 1.807) is 5.57 Å². The van der Waals surface area contributed by atoms with Gasteiger partial charge in [-0.05, 0) is 87.0 Å². The van der Waals surface area contributed by atoms with Gasteiger partial charge in [0.25, 0.3) is 0 Å². The van der Waals surface area contributed by atoms with Crippen molar-refractivity contribution in [3.05, 3.63) is 35.5 Å². The maximum absolute atomic E-state index is 10.1. The molecule has 0 spiro atoms. The fraction of sp³-hybridized carbons (Fsp3) is 0.769. The Balaban J connectivity index is 1.68. The van der Waals surface area contributed by atoms with Gasteiger partial charge in [-0.1, -0.05) is 56.6 Å². The van der Waals surface area contributed by atoms with Crippen LogP contribution in [0.4, 0.5) is 0 Å². The number of hydrogen-bond acceptors (Lipinski definition) is 3. The van der Waals surface area contributed by atoms with Gasteiger partial charge in [0.2, 0.25) is 0 Å². The first-order valence-electron chi connectivity index (χ1n) is 11.8. The van der Waals surface area contributed by atoms with Crippen LogP contribution in [0.25, 0.3) is 0 Å². The highest BCUT2D eigenvalue weighted by Gasteiger charge is 2.50. The number of aliphatic hydroxyl groups is 3. The zero-order valence-corrected chi connectivity index (χ0v) is 18.7. The van der Waals surface area contributed by atoms with E-state index in [4.69, 9.17) is 0 Å². The van der Waals surface area contributed by atoms with Crippen molar-refractivity contribution in [3.8, 4) is 0 Å². The fourth-order valence-electron chi connectivity index (χ4n) is 6.58. The topological polar surface area (TPSA) is 60.7 Å². The fourth-order valence-corrected chi connectivity index (χ4v) is 6.58. The Kier molecular flexibility index (Phi) is 7.46. The van der Waals surface area contributed by atoms with Crippen LogP contribution in [0.3, 0.4) is 0 Å². The summed E-state index contributed by atoms with van der Waals surface area (Å²) < 4.78 is 0. The second-order valence-corrected chi connectivity index (χ2v) is 10.4. The Morgan fingerprint density at radius 2 is 1.79 bits per heavy atom. The summed E-state index contributed by atoms with van der Waals surface area (Å²) in [6.45, 7) is 10.7. The van der Waals surface area contributed by atoms with Crippen molar-refractivity contribution in [2.24, 2.45) is 23.2 Å². The molecule has 0 aromatic heterocycles. The molecular weight excluding hydrogens is 360 g/mol. The maximum atomic E-state index is 10.1. The number of fused-ring (bicyclic) bond motifs is 1. The third-order valence-electron chi connectivity index (χ3n) is 8.31. The molecule has 3 heteroatoms. The molecule has 3 aliphatic rings. The third kappa shape index (κ3) is 5.06. The number of hydrogen-bond donors (Lipinski definition) is 3. The lowest BCUT2D eigenvalue weighted by molar-refractivity contribution is 0.0907. The van der Waals surface area contributed by atoms with E-state index in [0.29, 0.717) is 29.7 Å². The molecule has 3 rings (SSSR count). The molecule has 0 aromatic carbocycles. The van der Waals surface area contributed by atoms with Gasteiger partial charge in [0.1, 0.15) is 0 Å². The van der Waals surface area contributed by atoms with Gasteiger partial charge in [-0.3, -0.25) is 0 Å². The van der Waals surface area contributed by atoms with Gasteiger partial charge in [0.15, 0.2) is 0 Å². The molecule has 3 nitrogen and oxygen atoms in total. The van der Waals surface area contributed by atoms with Gasteiger partial charge in [-0.25, -0.2) is 0 Å². The predicted octanol–water partition coefficient (Wildman–Crippen LogP) is 5.31. The van der Waals surface area contributed by atoms with Crippen LogP contribution >= 0.6 is 0 Å². The normalized spacial score (nSPS) is 40.3. The monoisotopic (exact) mass is 402 g/mol. The van der Waals surface area contributed by atoms with Crippen molar-refractivity contribution in [2.75, 3.05) is 0 Å². The molecule has 0 aliphatic heterocycles. The van der Waals surface area contributed by atoms with Crippen molar-refractivity contribution < 1.29 is 15.3 Å². The van der Waals surface area contributed by atoms with Gasteiger partial charge in [-0.15, -0.1) is 0 Å². The summed E-state index contributed by atoms with van der Waals surface area (Å²) in [5, 5.41) is 29.8. The van der Waals surface area contributed by atoms with Gasteiger partial charge in [-0.2, -0.15) is 0 Å². The van der Waals surface area contributed by atoms with Crippen LogP contribution < -0.4 is 0 Å². The largest absolute Gasteiger partial charge is 0.393 e. The minimum Gasteiger partial charge on any atom is -0.393 e. The first-order valence-corrected chi connectivity index (χ1v) is 11.8. The Morgan fingerprint density at radius 1 is 1.10 bits per heavy atom. The molecule has 0 heterocycles. The molecule has 164 valence electrons. The summed E-state index contributed by atoms with van der Waals surface area (Å²) in [5.74, 6) is 2.17. The lowest BCUT2D eigenvalue weighted by Gasteiger charge is -2.44. The molecule has 3 fully saturated rings. The van der Waals surface area contributed by atoms with Crippen molar-refractivity contribution in [2.45, 2.75) is 103 Å². The molecule has 0 saturated heterocycles. The van der Waals surface area contributed by atoms with E-state index < -0.39 is 12.2 Å². The summed E-state index contributed by atoms with van der Waals surface area (Å²) in [5.41, 5.74) is 3.67. The maximum Gasteiger partial charge on any atom is 0.0809 e. The molecule has 4 unspecified atom stereocenters. The van der Waals surface area contributed by atoms with Crippen LogP contribution in [0.15, 0.2) is 35.5 Å². The summed E-state index contributed by atoms with van der Waals surface area (Å²) in [6.07, 6.45) is 14.0. The van der Waals surface area contributed by atoms with Crippen LogP contribution in [0, 0.1) is 23.2 Å². The Hall–Kier alpha value is -0.900. The van der Waals surface area contributed by atoms with Crippen molar-refractivity contribution in [1.82, 2.24) is 0 Å². The van der Waals surface area contributed by atoms with Crippen molar-refractivity contribution in [1.29, 1.82) is 0 Å². The standard InChI is InChI=1S/C26H42O3/c1-17(7-5-8-18(2)27)22-12-13-23-21(9-6-14-26(22,23)4)11-10-20-15-24(28)19(3)25(29)16-20/h10-11,17-18,22-25,27-29H,3,5-9,12-16H2,1-2,4H3/b20-10?,21-11+/t17?,18-,22+,23?,24+,25?,26?/m0/s1. The molecule has 0 amide bonds. The first kappa shape index (κ1) is 22.8. The Labute approximate surface area is 177 Å². The molecule has 3 saturated carbocycles. The quantitative estimate of drug-likeness (QED) is 0.527. The summed E-state index contributed by atoms with van der Waals surface area (Å²) in [6, 6.07) is 0. The Morgan fingerprint density at radius 3 is 2.45 bits per heavy atom. The highest BCUT2D eigenvalue weighted by molar-refractivity contribution is 5.29. The molecular formula is C26H42O3. The zero-order valence-electron chi connectivity index (χ0n) is 18.7. The Bertz CT molecular complexity index is 630. The lowest BCUT2D eigenvalue weighted by Crippen LogP contribution is -2.36. The average Bonchev–Trinajstić information content (AvgIpc) is 3.01. The van der Waals surface area contributed by atoms with Crippen LogP contribution in [-0.2, 0) is 0 Å². The van der Waals surface area contributed by atoms with Crippen LogP contribution in [0.5, 0.6) is 0 Å². The summed E-state index contributed by atoms with van der Waals surface area (Å²) in [7, 11) is 0. The van der Waals surface area contributed by atoms with E-state index >= 15 is 0 Å². The average molecular weight is 403 g/mol. The number of aliphatic hydroxyl groups excluding tert-OH is 3. The van der Waals surface area contributed by atoms with Gasteiger partial charge in [0.05, 0.1) is 18.3 Å². The van der Waals surface area contributed by atoms with E-state index in [0.717, 1.165) is 30.3 Å². The molecule has 29 heavy (non-hydrogen) atoms. The molecule has 0 bridgehead atoms. The highest BCUT2D eigenvalue weighted by atomic mass is 16.3. The molecule has 0 aromatic rings. The zero-order chi connectivity index (χ0) is 21.2. The molecule has 7 atom stereocenters. The predicted molar refractivity (Wildman–Crippen MR) is 119 cm³/mol. The van der Waals surface area contributed by atoms with Crippen LogP contribution in [0.1, 0.15) is 85.0 Å². The van der Waals surface area contributed by atoms with Gasteiger partial charge >= 0.3 is 0 Å². The SMILES string of the molecule is C=C1C(O)CC(=C/C=C2\CCCC3(C)C2CC[C@@H]3C(C)CCC[C@H](C)O)C[C@H]1O. The van der Waals surface area contributed by atoms with Crippen molar-refractivity contribution >= 4 is 0 Å². The lowest BCUT2D eigenvalue weighted by atomic mass is 9.60. The van der Waals surface area contributed by atoms with Gasteiger partial charge in [0, 0.05) is 0 Å². The second-order valence-electron chi connectivity index (χ2n) is 10.4. The van der Waals surface area contributed by atoms with Crippen molar-refractivity contribution in [3.63, 3.8) is 0 Å². The molecule has 0 radical (unpaired) electrons. The van der Waals surface area contributed by atoms with Crippen LogP contribution in [-0.4, -0.2) is 33.6 Å². The first-order chi connectivity index (χ1) is 13.7. The number of allylic oxidation sites excluding steroid dienone is 3. The van der Waals surface area contributed by atoms with E-state index in [9.17, 15) is 15.3 Å². The minimum absolute atomic E-state index is 0.180. The number of rotatable bonds is 6. The van der Waals surface area contributed by atoms with E-state index in [1.807, 2.05) is 6.92 Å². The van der Waals surface area contributed by atoms with Gasteiger partial charge < -0.3 is 15.3 Å². The summed E-state index contributed by atoms with van der Waals surface area (Å²) in [4.78, 5) is 0. The minimum atomic E-state index is -0.613.